The van der Waals surface area contributed by atoms with Crippen LogP contribution in [-0.4, -0.2) is 33.7 Å². The van der Waals surface area contributed by atoms with Crippen molar-refractivity contribution in [3.8, 4) is 0 Å². The van der Waals surface area contributed by atoms with Gasteiger partial charge >= 0.3 is 0 Å². The molecule has 0 bridgehead atoms. The molecule has 1 aromatic heterocycles. The molecule has 0 saturated carbocycles. The lowest BCUT2D eigenvalue weighted by Gasteiger charge is -2.10. The van der Waals surface area contributed by atoms with Gasteiger partial charge in [-0.05, 0) is 30.5 Å². The van der Waals surface area contributed by atoms with Gasteiger partial charge in [-0.15, -0.1) is 0 Å². The van der Waals surface area contributed by atoms with Crippen molar-refractivity contribution in [2.24, 2.45) is 4.99 Å². The Labute approximate surface area is 149 Å². The third-order valence-electron chi connectivity index (χ3n) is 4.36. The van der Waals surface area contributed by atoms with Crippen LogP contribution >= 0.6 is 11.3 Å². The molecule has 1 fully saturated rings. The monoisotopic (exact) mass is 359 g/mol. The van der Waals surface area contributed by atoms with Crippen LogP contribution in [0.25, 0.3) is 10.2 Å². The molecule has 1 saturated heterocycles. The lowest BCUT2D eigenvalue weighted by atomic mass is 10.0. The van der Waals surface area contributed by atoms with E-state index in [1.807, 2.05) is 11.5 Å². The van der Waals surface area contributed by atoms with Crippen LogP contribution in [0.4, 0.5) is 0 Å². The van der Waals surface area contributed by atoms with Crippen LogP contribution in [0.2, 0.25) is 0 Å². The van der Waals surface area contributed by atoms with E-state index < -0.39 is 5.91 Å². The third-order valence-corrected chi connectivity index (χ3v) is 5.40. The number of amides is 3. The first-order valence-corrected chi connectivity index (χ1v) is 9.26. The predicted molar refractivity (Wildman–Crippen MR) is 96.1 cm³/mol. The number of thiazole rings is 1. The molecule has 7 heteroatoms. The largest absolute Gasteiger partial charge is 0.317 e. The van der Waals surface area contributed by atoms with E-state index in [9.17, 15) is 14.4 Å². The summed E-state index contributed by atoms with van der Waals surface area (Å²) in [4.78, 5) is 41.3. The van der Waals surface area contributed by atoms with Crippen molar-refractivity contribution in [2.45, 2.75) is 46.1 Å². The van der Waals surface area contributed by atoms with Gasteiger partial charge in [0.1, 0.15) is 6.54 Å². The summed E-state index contributed by atoms with van der Waals surface area (Å²) in [5, 5.41) is 0. The van der Waals surface area contributed by atoms with Gasteiger partial charge in [0.05, 0.1) is 10.2 Å². The van der Waals surface area contributed by atoms with Crippen molar-refractivity contribution >= 4 is 39.3 Å². The zero-order valence-corrected chi connectivity index (χ0v) is 15.4. The smallest absolute Gasteiger partial charge is 0.268 e. The number of likely N-dealkylation sites (tertiary alicyclic amines) is 1. The zero-order chi connectivity index (χ0) is 18.1. The molecule has 2 heterocycles. The number of hydrogen-bond donors (Lipinski definition) is 0. The highest BCUT2D eigenvalue weighted by atomic mass is 32.1. The summed E-state index contributed by atoms with van der Waals surface area (Å²) in [6.07, 6.45) is 0.365. The SMILES string of the molecule is CCn1c(=NC(=O)CN2C(=O)CCC2=O)sc2cc(C(C)C)ccc21. The molecule has 6 nitrogen and oxygen atoms in total. The Morgan fingerprint density at radius 1 is 1.24 bits per heavy atom. The minimum atomic E-state index is -0.471. The maximum atomic E-state index is 12.3. The maximum Gasteiger partial charge on any atom is 0.268 e. The molecule has 3 amide bonds. The van der Waals surface area contributed by atoms with Crippen molar-refractivity contribution in [2.75, 3.05) is 6.54 Å². The highest BCUT2D eigenvalue weighted by Crippen LogP contribution is 2.23. The Bertz CT molecular complexity index is 907. The van der Waals surface area contributed by atoms with Crippen LogP contribution in [0, 0.1) is 0 Å². The summed E-state index contributed by atoms with van der Waals surface area (Å²) >= 11 is 1.45. The van der Waals surface area contributed by atoms with Gasteiger partial charge in [0, 0.05) is 19.4 Å². The second-order valence-electron chi connectivity index (χ2n) is 6.39. The lowest BCUT2D eigenvalue weighted by molar-refractivity contribution is -0.141. The molecule has 0 unspecified atom stereocenters. The van der Waals surface area contributed by atoms with E-state index in [0.717, 1.165) is 15.1 Å². The van der Waals surface area contributed by atoms with E-state index in [1.54, 1.807) is 0 Å². The fourth-order valence-electron chi connectivity index (χ4n) is 2.92. The molecule has 3 rings (SSSR count). The fraction of sp³-hybridized carbons (Fsp3) is 0.444. The van der Waals surface area contributed by atoms with E-state index in [0.29, 0.717) is 17.3 Å². The first-order valence-electron chi connectivity index (χ1n) is 8.44. The molecule has 0 atom stereocenters. The maximum absolute atomic E-state index is 12.3. The third kappa shape index (κ3) is 3.42. The first-order chi connectivity index (χ1) is 11.9. The van der Waals surface area contributed by atoms with Gasteiger partial charge in [-0.3, -0.25) is 19.3 Å². The second kappa shape index (κ2) is 6.92. The molecule has 1 aliphatic rings. The summed E-state index contributed by atoms with van der Waals surface area (Å²) in [7, 11) is 0. The Morgan fingerprint density at radius 2 is 1.92 bits per heavy atom. The lowest BCUT2D eigenvalue weighted by Crippen LogP contribution is -2.34. The molecule has 0 N–H and O–H groups in total. The topological polar surface area (TPSA) is 71.7 Å². The Kier molecular flexibility index (Phi) is 4.85. The molecule has 25 heavy (non-hydrogen) atoms. The molecule has 0 spiro atoms. The summed E-state index contributed by atoms with van der Waals surface area (Å²) in [5.41, 5.74) is 2.28. The minimum Gasteiger partial charge on any atom is -0.317 e. The van der Waals surface area contributed by atoms with Gasteiger partial charge < -0.3 is 4.57 Å². The summed E-state index contributed by atoms with van der Waals surface area (Å²) in [6, 6.07) is 6.29. The summed E-state index contributed by atoms with van der Waals surface area (Å²) in [5.74, 6) is -0.637. The number of carbonyl (C=O) groups excluding carboxylic acids is 3. The van der Waals surface area contributed by atoms with Gasteiger partial charge in [-0.1, -0.05) is 31.3 Å². The normalized spacial score (nSPS) is 15.8. The summed E-state index contributed by atoms with van der Waals surface area (Å²) < 4.78 is 3.06. The van der Waals surface area contributed by atoms with Crippen molar-refractivity contribution in [1.29, 1.82) is 0 Å². The van der Waals surface area contributed by atoms with Crippen LogP contribution in [0.1, 0.15) is 45.1 Å². The van der Waals surface area contributed by atoms with Crippen LogP contribution in [0.15, 0.2) is 23.2 Å². The fourth-order valence-corrected chi connectivity index (χ4v) is 4.08. The number of nitrogens with zero attached hydrogens (tertiary/aromatic N) is 3. The Balaban J connectivity index is 1.96. The number of aromatic nitrogens is 1. The molecule has 0 aliphatic carbocycles. The standard InChI is InChI=1S/C18H21N3O3S/c1-4-20-13-6-5-12(11(2)3)9-14(13)25-18(20)19-15(22)10-21-16(23)7-8-17(21)24/h5-6,9,11H,4,7-8,10H2,1-3H3. The average molecular weight is 359 g/mol. The van der Waals surface area contributed by atoms with Crippen molar-refractivity contribution < 1.29 is 14.4 Å². The van der Waals surface area contributed by atoms with Crippen LogP contribution < -0.4 is 4.80 Å². The number of imide groups is 1. The van der Waals surface area contributed by atoms with Gasteiger partial charge in [-0.2, -0.15) is 4.99 Å². The highest BCUT2D eigenvalue weighted by Gasteiger charge is 2.30. The van der Waals surface area contributed by atoms with E-state index in [-0.39, 0.29) is 31.2 Å². The predicted octanol–water partition coefficient (Wildman–Crippen LogP) is 2.42. The van der Waals surface area contributed by atoms with E-state index in [2.05, 4.69) is 37.0 Å². The van der Waals surface area contributed by atoms with Crippen molar-refractivity contribution in [3.63, 3.8) is 0 Å². The molecule has 1 aromatic carbocycles. The Hall–Kier alpha value is -2.28. The summed E-state index contributed by atoms with van der Waals surface area (Å²) in [6.45, 7) is 6.70. The zero-order valence-electron chi connectivity index (χ0n) is 14.6. The number of hydrogen-bond acceptors (Lipinski definition) is 4. The van der Waals surface area contributed by atoms with Gasteiger partial charge in [0.15, 0.2) is 4.80 Å². The molecule has 2 aromatic rings. The highest BCUT2D eigenvalue weighted by molar-refractivity contribution is 7.16. The second-order valence-corrected chi connectivity index (χ2v) is 7.40. The van der Waals surface area contributed by atoms with Crippen LogP contribution in [0.5, 0.6) is 0 Å². The number of rotatable bonds is 4. The molecular weight excluding hydrogens is 338 g/mol. The number of aryl methyl sites for hydroxylation is 1. The van der Waals surface area contributed by atoms with Crippen molar-refractivity contribution in [1.82, 2.24) is 9.47 Å². The van der Waals surface area contributed by atoms with E-state index in [1.165, 1.54) is 16.9 Å². The van der Waals surface area contributed by atoms with Gasteiger partial charge in [-0.25, -0.2) is 0 Å². The number of benzene rings is 1. The molecule has 1 aliphatic heterocycles. The van der Waals surface area contributed by atoms with Gasteiger partial charge in [0.25, 0.3) is 5.91 Å². The Morgan fingerprint density at radius 3 is 2.52 bits per heavy atom. The molecular formula is C18H21N3O3S. The average Bonchev–Trinajstić information content (AvgIpc) is 3.07. The van der Waals surface area contributed by atoms with E-state index >= 15 is 0 Å². The molecule has 0 radical (unpaired) electrons. The van der Waals surface area contributed by atoms with Crippen LogP contribution in [0.3, 0.4) is 0 Å². The van der Waals surface area contributed by atoms with E-state index in [4.69, 9.17) is 0 Å². The van der Waals surface area contributed by atoms with Crippen LogP contribution in [-0.2, 0) is 20.9 Å². The van der Waals surface area contributed by atoms with Gasteiger partial charge in [0.2, 0.25) is 11.8 Å². The quantitative estimate of drug-likeness (QED) is 0.787. The molecule has 132 valence electrons. The number of carbonyl (C=O) groups is 3. The minimum absolute atomic E-state index is 0.182. The number of fused-ring (bicyclic) bond motifs is 1. The first kappa shape index (κ1) is 17.5. The van der Waals surface area contributed by atoms with Crippen molar-refractivity contribution in [3.05, 3.63) is 28.6 Å².